The van der Waals surface area contributed by atoms with Gasteiger partial charge < -0.3 is 11.1 Å². The zero-order chi connectivity index (χ0) is 12.1. The Morgan fingerprint density at radius 1 is 1.31 bits per heavy atom. The summed E-state index contributed by atoms with van der Waals surface area (Å²) in [6, 6.07) is 7.26. The van der Waals surface area contributed by atoms with E-state index in [0.29, 0.717) is 0 Å². The lowest BCUT2D eigenvalue weighted by Crippen LogP contribution is -2.39. The summed E-state index contributed by atoms with van der Waals surface area (Å²) in [5, 5.41) is 2.80. The highest BCUT2D eigenvalue weighted by Gasteiger charge is 2.16. The minimum absolute atomic E-state index is 0.132. The van der Waals surface area contributed by atoms with E-state index in [2.05, 4.69) is 5.32 Å². The Labute approximate surface area is 101 Å². The molecule has 1 rings (SSSR count). The van der Waals surface area contributed by atoms with Crippen LogP contribution in [0.1, 0.15) is 13.8 Å². The van der Waals surface area contributed by atoms with Crippen LogP contribution in [0.15, 0.2) is 29.2 Å². The molecule has 0 aliphatic carbocycles. The number of thioether (sulfide) groups is 1. The Hall–Kier alpha value is -1.00. The molecule has 4 heteroatoms. The molecule has 0 fully saturated rings. The molecule has 0 spiro atoms. The molecular formula is C12H18N2OS. The molecule has 0 bridgehead atoms. The first-order valence-corrected chi connectivity index (χ1v) is 6.47. The summed E-state index contributed by atoms with van der Waals surface area (Å²) >= 11 is 1.67. The van der Waals surface area contributed by atoms with Gasteiger partial charge in [0.2, 0.25) is 5.91 Å². The number of carbonyl (C=O) groups excluding carboxylic acids is 1. The van der Waals surface area contributed by atoms with Gasteiger partial charge in [-0.15, -0.1) is 11.8 Å². The summed E-state index contributed by atoms with van der Waals surface area (Å²) in [4.78, 5) is 12.8. The van der Waals surface area contributed by atoms with Crippen molar-refractivity contribution in [1.29, 1.82) is 0 Å². The lowest BCUT2D eigenvalue weighted by atomic mass is 10.1. The van der Waals surface area contributed by atoms with Crippen LogP contribution in [0.5, 0.6) is 0 Å². The molecule has 1 unspecified atom stereocenters. The molecule has 0 radical (unpaired) electrons. The zero-order valence-electron chi connectivity index (χ0n) is 9.86. The van der Waals surface area contributed by atoms with Gasteiger partial charge in [0.1, 0.15) is 0 Å². The third-order valence-electron chi connectivity index (χ3n) is 2.38. The van der Waals surface area contributed by atoms with Gasteiger partial charge in [-0.25, -0.2) is 0 Å². The van der Waals surface area contributed by atoms with E-state index >= 15 is 0 Å². The Morgan fingerprint density at radius 2 is 1.88 bits per heavy atom. The van der Waals surface area contributed by atoms with Crippen LogP contribution in [0.25, 0.3) is 0 Å². The summed E-state index contributed by atoms with van der Waals surface area (Å²) < 4.78 is 0. The molecular weight excluding hydrogens is 220 g/mol. The van der Waals surface area contributed by atoms with Crippen molar-refractivity contribution in [2.24, 2.45) is 11.7 Å². The van der Waals surface area contributed by atoms with Crippen LogP contribution >= 0.6 is 11.8 Å². The van der Waals surface area contributed by atoms with E-state index in [-0.39, 0.29) is 11.8 Å². The SMILES string of the molecule is CSc1ccc(NC(=O)C(N)C(C)C)cc1. The van der Waals surface area contributed by atoms with Crippen molar-refractivity contribution >= 4 is 23.4 Å². The predicted octanol–water partition coefficient (Wildman–Crippen LogP) is 2.33. The second kappa shape index (κ2) is 5.92. The number of anilines is 1. The highest BCUT2D eigenvalue weighted by molar-refractivity contribution is 7.98. The molecule has 3 N–H and O–H groups in total. The fraction of sp³-hybridized carbons (Fsp3) is 0.417. The van der Waals surface area contributed by atoms with Gasteiger partial charge in [0.15, 0.2) is 0 Å². The summed E-state index contributed by atoms with van der Waals surface area (Å²) in [7, 11) is 0. The monoisotopic (exact) mass is 238 g/mol. The third-order valence-corrected chi connectivity index (χ3v) is 3.12. The van der Waals surface area contributed by atoms with Crippen molar-refractivity contribution < 1.29 is 4.79 Å². The van der Waals surface area contributed by atoms with Gasteiger partial charge in [0.05, 0.1) is 6.04 Å². The Morgan fingerprint density at radius 3 is 2.31 bits per heavy atom. The Balaban J connectivity index is 2.62. The standard InChI is InChI=1S/C12H18N2OS/c1-8(2)11(13)12(15)14-9-4-6-10(16-3)7-5-9/h4-8,11H,13H2,1-3H3,(H,14,15). The molecule has 1 amide bonds. The number of hydrogen-bond donors (Lipinski definition) is 2. The maximum absolute atomic E-state index is 11.7. The largest absolute Gasteiger partial charge is 0.325 e. The first-order valence-electron chi connectivity index (χ1n) is 5.25. The number of rotatable bonds is 4. The first kappa shape index (κ1) is 13.1. The highest BCUT2D eigenvalue weighted by Crippen LogP contribution is 2.17. The molecule has 1 atom stereocenters. The predicted molar refractivity (Wildman–Crippen MR) is 69.7 cm³/mol. The van der Waals surface area contributed by atoms with E-state index < -0.39 is 6.04 Å². The van der Waals surface area contributed by atoms with Crippen LogP contribution in [-0.2, 0) is 4.79 Å². The van der Waals surface area contributed by atoms with Crippen LogP contribution in [-0.4, -0.2) is 18.2 Å². The summed E-state index contributed by atoms with van der Waals surface area (Å²) in [6.45, 7) is 3.86. The van der Waals surface area contributed by atoms with Crippen LogP contribution in [0.3, 0.4) is 0 Å². The Kier molecular flexibility index (Phi) is 4.83. The number of nitrogens with one attached hydrogen (secondary N) is 1. The Bertz CT molecular complexity index is 349. The quantitative estimate of drug-likeness (QED) is 0.792. The molecule has 16 heavy (non-hydrogen) atoms. The van der Waals surface area contributed by atoms with Crippen molar-refractivity contribution in [2.75, 3.05) is 11.6 Å². The molecule has 0 aromatic heterocycles. The average molecular weight is 238 g/mol. The average Bonchev–Trinajstić information content (AvgIpc) is 2.28. The van der Waals surface area contributed by atoms with E-state index in [9.17, 15) is 4.79 Å². The van der Waals surface area contributed by atoms with Gasteiger partial charge in [-0.2, -0.15) is 0 Å². The molecule has 1 aromatic rings. The van der Waals surface area contributed by atoms with Crippen LogP contribution in [0.2, 0.25) is 0 Å². The molecule has 3 nitrogen and oxygen atoms in total. The first-order chi connectivity index (χ1) is 7.54. The van der Waals surface area contributed by atoms with E-state index in [1.165, 1.54) is 4.90 Å². The van der Waals surface area contributed by atoms with Crippen LogP contribution in [0, 0.1) is 5.92 Å². The number of hydrogen-bond acceptors (Lipinski definition) is 3. The van der Waals surface area contributed by atoms with Crippen LogP contribution < -0.4 is 11.1 Å². The van der Waals surface area contributed by atoms with Gasteiger partial charge in [0, 0.05) is 10.6 Å². The lowest BCUT2D eigenvalue weighted by molar-refractivity contribution is -0.118. The molecule has 0 saturated carbocycles. The molecule has 1 aromatic carbocycles. The molecule has 0 aliphatic heterocycles. The van der Waals surface area contributed by atoms with Crippen molar-refractivity contribution in [2.45, 2.75) is 24.8 Å². The second-order valence-electron chi connectivity index (χ2n) is 3.99. The zero-order valence-corrected chi connectivity index (χ0v) is 10.7. The second-order valence-corrected chi connectivity index (χ2v) is 4.87. The molecule has 0 saturated heterocycles. The van der Waals surface area contributed by atoms with E-state index in [1.807, 2.05) is 44.4 Å². The summed E-state index contributed by atoms with van der Waals surface area (Å²) in [6.07, 6.45) is 2.02. The van der Waals surface area contributed by atoms with E-state index in [0.717, 1.165) is 5.69 Å². The number of nitrogens with two attached hydrogens (primary N) is 1. The number of benzene rings is 1. The highest BCUT2D eigenvalue weighted by atomic mass is 32.2. The van der Waals surface area contributed by atoms with Gasteiger partial charge in [-0.05, 0) is 36.4 Å². The molecule has 88 valence electrons. The molecule has 0 aliphatic rings. The fourth-order valence-corrected chi connectivity index (χ4v) is 1.61. The fourth-order valence-electron chi connectivity index (χ4n) is 1.20. The van der Waals surface area contributed by atoms with Gasteiger partial charge in [0.25, 0.3) is 0 Å². The van der Waals surface area contributed by atoms with Crippen molar-refractivity contribution in [3.63, 3.8) is 0 Å². The summed E-state index contributed by atoms with van der Waals surface area (Å²) in [5.41, 5.74) is 6.54. The van der Waals surface area contributed by atoms with Crippen molar-refractivity contribution in [3.8, 4) is 0 Å². The number of carbonyl (C=O) groups is 1. The van der Waals surface area contributed by atoms with E-state index in [1.54, 1.807) is 11.8 Å². The minimum Gasteiger partial charge on any atom is -0.325 e. The third kappa shape index (κ3) is 3.54. The molecule has 0 heterocycles. The van der Waals surface area contributed by atoms with Crippen molar-refractivity contribution in [3.05, 3.63) is 24.3 Å². The normalized spacial score (nSPS) is 12.6. The number of amides is 1. The maximum Gasteiger partial charge on any atom is 0.241 e. The van der Waals surface area contributed by atoms with Crippen LogP contribution in [0.4, 0.5) is 5.69 Å². The van der Waals surface area contributed by atoms with Gasteiger partial charge >= 0.3 is 0 Å². The maximum atomic E-state index is 11.7. The minimum atomic E-state index is -0.458. The van der Waals surface area contributed by atoms with E-state index in [4.69, 9.17) is 5.73 Å². The smallest absolute Gasteiger partial charge is 0.241 e. The van der Waals surface area contributed by atoms with Crippen molar-refractivity contribution in [1.82, 2.24) is 0 Å². The van der Waals surface area contributed by atoms with Gasteiger partial charge in [-0.3, -0.25) is 4.79 Å². The summed E-state index contributed by atoms with van der Waals surface area (Å²) in [5.74, 6) is 0.0115. The topological polar surface area (TPSA) is 55.1 Å². The lowest BCUT2D eigenvalue weighted by Gasteiger charge is -2.15. The van der Waals surface area contributed by atoms with Gasteiger partial charge in [-0.1, -0.05) is 13.8 Å².